The van der Waals surface area contributed by atoms with E-state index >= 15 is 0 Å². The van der Waals surface area contributed by atoms with E-state index in [1.165, 1.54) is 12.7 Å². The van der Waals surface area contributed by atoms with Gasteiger partial charge in [0.25, 0.3) is 0 Å². The second-order valence-corrected chi connectivity index (χ2v) is 5.54. The topological polar surface area (TPSA) is 56.8 Å². The van der Waals surface area contributed by atoms with Crippen LogP contribution in [0.5, 0.6) is 11.5 Å². The van der Waals surface area contributed by atoms with Gasteiger partial charge < -0.3 is 14.2 Å². The molecule has 0 bridgehead atoms. The minimum Gasteiger partial charge on any atom is -0.496 e. The van der Waals surface area contributed by atoms with E-state index in [1.54, 1.807) is 19.2 Å². The number of nitrogens with one attached hydrogen (secondary N) is 1. The van der Waals surface area contributed by atoms with E-state index in [2.05, 4.69) is 36.0 Å². The largest absolute Gasteiger partial charge is 0.496 e. The molecular weight excluding hydrogens is 318 g/mol. The lowest BCUT2D eigenvalue weighted by molar-refractivity contribution is 0.187. The molecule has 0 aliphatic carbocycles. The molecule has 0 aromatic heterocycles. The molecule has 25 heavy (non-hydrogen) atoms. The summed E-state index contributed by atoms with van der Waals surface area (Å²) in [7, 11) is 2.92. The van der Waals surface area contributed by atoms with Crippen molar-refractivity contribution in [2.45, 2.75) is 33.3 Å². The second kappa shape index (κ2) is 8.97. The molecule has 0 unspecified atom stereocenters. The zero-order chi connectivity index (χ0) is 18.2. The summed E-state index contributed by atoms with van der Waals surface area (Å²) < 4.78 is 16.1. The number of hydrogen-bond donors (Lipinski definition) is 1. The number of amides is 1. The molecule has 1 N–H and O–H groups in total. The zero-order valence-corrected chi connectivity index (χ0v) is 15.2. The van der Waals surface area contributed by atoms with Crippen LogP contribution in [0.2, 0.25) is 0 Å². The third kappa shape index (κ3) is 4.66. The van der Waals surface area contributed by atoms with Crippen molar-refractivity contribution >= 4 is 11.8 Å². The van der Waals surface area contributed by atoms with Gasteiger partial charge in [-0.05, 0) is 42.2 Å². The van der Waals surface area contributed by atoms with Crippen molar-refractivity contribution in [3.63, 3.8) is 0 Å². The van der Waals surface area contributed by atoms with Gasteiger partial charge >= 0.3 is 6.09 Å². The van der Waals surface area contributed by atoms with Crippen molar-refractivity contribution < 1.29 is 19.0 Å². The predicted octanol–water partition coefficient (Wildman–Crippen LogP) is 4.58. The highest BCUT2D eigenvalue weighted by atomic mass is 16.5. The van der Waals surface area contributed by atoms with Crippen LogP contribution in [0.1, 0.15) is 30.5 Å². The highest BCUT2D eigenvalue weighted by molar-refractivity contribution is 5.86. The summed E-state index contributed by atoms with van der Waals surface area (Å²) in [5.41, 5.74) is 3.82. The molecule has 0 aliphatic heterocycles. The Morgan fingerprint density at radius 2 is 1.84 bits per heavy atom. The summed E-state index contributed by atoms with van der Waals surface area (Å²) in [6.07, 6.45) is 1.35. The maximum Gasteiger partial charge on any atom is 0.411 e. The lowest BCUT2D eigenvalue weighted by Crippen LogP contribution is -2.14. The highest BCUT2D eigenvalue weighted by Crippen LogP contribution is 2.29. The number of carbonyl (C=O) groups excluding carboxylic acids is 1. The van der Waals surface area contributed by atoms with Gasteiger partial charge in [-0.1, -0.05) is 32.0 Å². The molecule has 2 aromatic rings. The Hall–Kier alpha value is -2.69. The Bertz CT molecular complexity index is 728. The van der Waals surface area contributed by atoms with E-state index in [4.69, 9.17) is 9.47 Å². The summed E-state index contributed by atoms with van der Waals surface area (Å²) in [5.74, 6) is 1.49. The molecule has 134 valence electrons. The third-order valence-corrected chi connectivity index (χ3v) is 4.06. The van der Waals surface area contributed by atoms with Crippen LogP contribution in [0.4, 0.5) is 10.5 Å². The quantitative estimate of drug-likeness (QED) is 0.799. The molecule has 2 rings (SSSR count). The van der Waals surface area contributed by atoms with Gasteiger partial charge in [0.1, 0.15) is 18.1 Å². The molecule has 0 saturated carbocycles. The first-order chi connectivity index (χ1) is 12.1. The lowest BCUT2D eigenvalue weighted by Gasteiger charge is -2.17. The van der Waals surface area contributed by atoms with E-state index in [-0.39, 0.29) is 6.61 Å². The lowest BCUT2D eigenvalue weighted by atomic mass is 10.1. The molecule has 0 spiro atoms. The van der Waals surface area contributed by atoms with Crippen LogP contribution < -0.4 is 14.8 Å². The summed E-state index contributed by atoms with van der Waals surface area (Å²) in [6.45, 7) is 4.52. The highest BCUT2D eigenvalue weighted by Gasteiger charge is 2.13. The number of anilines is 1. The average Bonchev–Trinajstić information content (AvgIpc) is 2.66. The monoisotopic (exact) mass is 343 g/mol. The Labute approximate surface area is 148 Å². The summed E-state index contributed by atoms with van der Waals surface area (Å²) in [4.78, 5) is 11.6. The van der Waals surface area contributed by atoms with E-state index in [9.17, 15) is 4.79 Å². The predicted molar refractivity (Wildman–Crippen MR) is 98.6 cm³/mol. The van der Waals surface area contributed by atoms with Crippen molar-refractivity contribution in [1.82, 2.24) is 0 Å². The van der Waals surface area contributed by atoms with Crippen LogP contribution in [-0.4, -0.2) is 20.3 Å². The zero-order valence-electron chi connectivity index (χ0n) is 15.2. The molecule has 0 saturated heterocycles. The van der Waals surface area contributed by atoms with Crippen molar-refractivity contribution in [3.05, 3.63) is 53.1 Å². The van der Waals surface area contributed by atoms with Crippen molar-refractivity contribution in [3.8, 4) is 11.5 Å². The minimum atomic E-state index is -0.531. The summed E-state index contributed by atoms with van der Waals surface area (Å²) in [5, 5.41) is 2.70. The fourth-order valence-corrected chi connectivity index (χ4v) is 2.60. The Morgan fingerprint density at radius 3 is 2.48 bits per heavy atom. The smallest absolute Gasteiger partial charge is 0.411 e. The molecule has 0 aliphatic rings. The maximum absolute atomic E-state index is 11.6. The molecule has 5 heteroatoms. The summed E-state index contributed by atoms with van der Waals surface area (Å²) in [6, 6.07) is 11.7. The minimum absolute atomic E-state index is 0.280. The third-order valence-electron chi connectivity index (χ3n) is 4.06. The van der Waals surface area contributed by atoms with Crippen LogP contribution in [0, 0.1) is 0 Å². The van der Waals surface area contributed by atoms with E-state index in [0.29, 0.717) is 11.4 Å². The standard InChI is InChI=1S/C20H25NO4/c1-5-14-10-11-18(15(6-2)12-14)25-13-16-17(21-20(22)24-4)8-7-9-19(16)23-3/h7-12H,5-6,13H2,1-4H3,(H,21,22). The number of rotatable bonds is 7. The van der Waals surface area contributed by atoms with E-state index in [0.717, 1.165) is 29.7 Å². The number of ether oxygens (including phenoxy) is 3. The van der Waals surface area contributed by atoms with Crippen molar-refractivity contribution in [2.75, 3.05) is 19.5 Å². The van der Waals surface area contributed by atoms with Gasteiger partial charge in [-0.15, -0.1) is 0 Å². The maximum atomic E-state index is 11.6. The molecule has 0 radical (unpaired) electrons. The molecule has 2 aromatic carbocycles. The fraction of sp³-hybridized carbons (Fsp3) is 0.350. The fourth-order valence-electron chi connectivity index (χ4n) is 2.60. The van der Waals surface area contributed by atoms with Gasteiger partial charge in [0, 0.05) is 0 Å². The van der Waals surface area contributed by atoms with Gasteiger partial charge in [0.15, 0.2) is 0 Å². The number of hydrogen-bond acceptors (Lipinski definition) is 4. The molecular formula is C20H25NO4. The van der Waals surface area contributed by atoms with Crippen LogP contribution >= 0.6 is 0 Å². The molecule has 5 nitrogen and oxygen atoms in total. The van der Waals surface area contributed by atoms with Gasteiger partial charge in [-0.3, -0.25) is 5.32 Å². The number of benzene rings is 2. The Kier molecular flexibility index (Phi) is 6.69. The molecule has 0 atom stereocenters. The molecule has 1 amide bonds. The first kappa shape index (κ1) is 18.6. The van der Waals surface area contributed by atoms with Crippen LogP contribution in [0.25, 0.3) is 0 Å². The molecule has 0 fully saturated rings. The molecule has 0 heterocycles. The summed E-state index contributed by atoms with van der Waals surface area (Å²) >= 11 is 0. The SMILES string of the molecule is CCc1ccc(OCc2c(NC(=O)OC)cccc2OC)c(CC)c1. The second-order valence-electron chi connectivity index (χ2n) is 5.54. The van der Waals surface area contributed by atoms with E-state index < -0.39 is 6.09 Å². The van der Waals surface area contributed by atoms with Gasteiger partial charge in [-0.2, -0.15) is 0 Å². The number of aryl methyl sites for hydroxylation is 2. The van der Waals surface area contributed by atoms with Crippen molar-refractivity contribution in [1.29, 1.82) is 0 Å². The average molecular weight is 343 g/mol. The normalized spacial score (nSPS) is 10.2. The van der Waals surface area contributed by atoms with Crippen molar-refractivity contribution in [2.24, 2.45) is 0 Å². The van der Waals surface area contributed by atoms with Gasteiger partial charge in [0.2, 0.25) is 0 Å². The first-order valence-electron chi connectivity index (χ1n) is 8.38. The number of methoxy groups -OCH3 is 2. The van der Waals surface area contributed by atoms with Gasteiger partial charge in [0.05, 0.1) is 25.5 Å². The Balaban J connectivity index is 2.26. The van der Waals surface area contributed by atoms with E-state index in [1.807, 2.05) is 12.1 Å². The van der Waals surface area contributed by atoms with Gasteiger partial charge in [-0.25, -0.2) is 4.79 Å². The first-order valence-corrected chi connectivity index (χ1v) is 8.38. The number of carbonyl (C=O) groups is 1. The Morgan fingerprint density at radius 1 is 1.04 bits per heavy atom. The van der Waals surface area contributed by atoms with Crippen LogP contribution in [-0.2, 0) is 24.2 Å². The van der Waals surface area contributed by atoms with Crippen LogP contribution in [0.15, 0.2) is 36.4 Å². The van der Waals surface area contributed by atoms with Crippen LogP contribution in [0.3, 0.4) is 0 Å².